The van der Waals surface area contributed by atoms with Gasteiger partial charge in [0.15, 0.2) is 11.6 Å². The molecule has 364 valence electrons. The molecule has 3 aliphatic heterocycles. The number of carbonyl (C=O) groups excluding carboxylic acids is 6. The van der Waals surface area contributed by atoms with E-state index in [4.69, 9.17) is 23.7 Å². The predicted octanol–water partition coefficient (Wildman–Crippen LogP) is 6.39. The molecule has 2 N–H and O–H groups in total. The van der Waals surface area contributed by atoms with Crippen molar-refractivity contribution in [1.82, 2.24) is 4.90 Å². The summed E-state index contributed by atoms with van der Waals surface area (Å²) in [5, 5.41) is 23.3. The number of nitrogens with zero attached hydrogens (tertiary/aromatic N) is 1. The summed E-state index contributed by atoms with van der Waals surface area (Å²) in [5.74, 6) is -8.09. The largest absolute Gasteiger partial charge is 0.460 e. The maximum absolute atomic E-state index is 14.3. The van der Waals surface area contributed by atoms with Crippen molar-refractivity contribution in [2.24, 2.45) is 35.5 Å². The van der Waals surface area contributed by atoms with Crippen molar-refractivity contribution in [1.29, 1.82) is 0 Å². The lowest BCUT2D eigenvalue weighted by molar-refractivity contribution is -0.265. The van der Waals surface area contributed by atoms with Gasteiger partial charge in [0.25, 0.3) is 11.7 Å². The van der Waals surface area contributed by atoms with Gasteiger partial charge in [-0.05, 0) is 101 Å². The van der Waals surface area contributed by atoms with Gasteiger partial charge in [-0.3, -0.25) is 24.0 Å². The molecule has 2 bridgehead atoms. The minimum absolute atomic E-state index is 0.0155. The minimum atomic E-state index is -2.43. The molecule has 0 aromatic rings. The molecule has 3 fully saturated rings. The van der Waals surface area contributed by atoms with Gasteiger partial charge >= 0.3 is 5.97 Å². The van der Waals surface area contributed by atoms with Gasteiger partial charge in [-0.2, -0.15) is 0 Å². The molecule has 65 heavy (non-hydrogen) atoms. The molecule has 1 aliphatic carbocycles. The molecule has 2 saturated heterocycles. The predicted molar refractivity (Wildman–Crippen MR) is 244 cm³/mol. The first-order valence-electron chi connectivity index (χ1n) is 23.8. The van der Waals surface area contributed by atoms with E-state index in [-0.39, 0.29) is 54.5 Å². The molecule has 0 radical (unpaired) electrons. The molecule has 1 saturated carbocycles. The standard InChI is InChI=1S/C51H77NO13/c1-30-16-12-11-13-17-31(2)42(61-8)28-38-21-19-36(7)51(60,65-38)48(57)49(58)52-23-15-14-18-39(52)50(59)64-43(33(4)26-37-20-22-40(53)44(27-37)62-9)29-41(54)32(3)25-35(6)46(56)47(63-10)45(55)34(5)24-30/h11-13,16-17,25,30,32-34,36-39,42-44,46-47,56,60H,14-15,18-24,26-29H2,1-10H3/b13-11+,16-12+,31-17+,35-25+/t30?,32?,33?,34-,36-,37?,38?,39+,42?,43?,44?,46?,47?,51?/m1/s1. The van der Waals surface area contributed by atoms with Crippen LogP contribution in [-0.2, 0) is 52.5 Å². The number of methoxy groups -OCH3 is 3. The molecule has 1 amide bonds. The van der Waals surface area contributed by atoms with Crippen LogP contribution in [-0.4, -0.2) is 126 Å². The molecule has 14 heteroatoms. The summed E-state index contributed by atoms with van der Waals surface area (Å²) in [6.07, 6.45) is 11.0. The second-order valence-electron chi connectivity index (χ2n) is 19.4. The summed E-state index contributed by atoms with van der Waals surface area (Å²) in [7, 11) is 4.45. The van der Waals surface area contributed by atoms with Crippen LogP contribution in [0.2, 0.25) is 0 Å². The third-order valence-electron chi connectivity index (χ3n) is 14.3. The Morgan fingerprint density at radius 2 is 1.54 bits per heavy atom. The summed E-state index contributed by atoms with van der Waals surface area (Å²) >= 11 is 0. The molecule has 0 aromatic carbocycles. The molecule has 3 heterocycles. The highest BCUT2D eigenvalue weighted by atomic mass is 16.6. The van der Waals surface area contributed by atoms with E-state index >= 15 is 0 Å². The average molecular weight is 912 g/mol. The number of cyclic esters (lactones) is 1. The van der Waals surface area contributed by atoms with Gasteiger partial charge in [0, 0.05) is 64.9 Å². The van der Waals surface area contributed by atoms with Crippen LogP contribution in [0.5, 0.6) is 0 Å². The number of allylic oxidation sites excluding steroid dienone is 6. The summed E-state index contributed by atoms with van der Waals surface area (Å²) in [6.45, 7) is 12.7. The fourth-order valence-electron chi connectivity index (χ4n) is 9.95. The Balaban J connectivity index is 1.70. The zero-order valence-electron chi connectivity index (χ0n) is 40.5. The van der Waals surface area contributed by atoms with E-state index in [1.54, 1.807) is 34.0 Å². The first-order chi connectivity index (χ1) is 30.7. The number of piperidine rings is 1. The Morgan fingerprint density at radius 3 is 2.22 bits per heavy atom. The third-order valence-corrected chi connectivity index (χ3v) is 14.3. The number of aliphatic hydroxyl groups excluding tert-OH is 1. The highest BCUT2D eigenvalue weighted by molar-refractivity contribution is 6.39. The van der Waals surface area contributed by atoms with Gasteiger partial charge in [0.2, 0.25) is 5.79 Å². The van der Waals surface area contributed by atoms with E-state index in [9.17, 15) is 39.0 Å². The Hall–Kier alpha value is -3.66. The molecule has 14 atom stereocenters. The van der Waals surface area contributed by atoms with Crippen molar-refractivity contribution < 1.29 is 62.7 Å². The highest BCUT2D eigenvalue weighted by Crippen LogP contribution is 2.37. The van der Waals surface area contributed by atoms with Crippen molar-refractivity contribution in [2.75, 3.05) is 27.9 Å². The molecule has 4 rings (SSSR count). The van der Waals surface area contributed by atoms with Gasteiger partial charge in [0.1, 0.15) is 36.2 Å². The number of carbonyl (C=O) groups is 6. The molecule has 11 unspecified atom stereocenters. The number of esters is 1. The molecule has 4 aliphatic rings. The third kappa shape index (κ3) is 14.2. The molecule has 14 nitrogen and oxygen atoms in total. The number of rotatable bonds is 6. The minimum Gasteiger partial charge on any atom is -0.460 e. The number of amides is 1. The molecule has 0 spiro atoms. The Kier molecular flexibility index (Phi) is 20.7. The van der Waals surface area contributed by atoms with E-state index < -0.39 is 83.9 Å². The number of hydrogen-bond acceptors (Lipinski definition) is 13. The molecular weight excluding hydrogens is 835 g/mol. The fourth-order valence-corrected chi connectivity index (χ4v) is 9.95. The Labute approximate surface area is 386 Å². The maximum atomic E-state index is 14.3. The van der Waals surface area contributed by atoms with Crippen LogP contribution in [0.15, 0.2) is 47.6 Å². The topological polar surface area (TPSA) is 192 Å². The van der Waals surface area contributed by atoms with Crippen LogP contribution < -0.4 is 0 Å². The number of fused-ring (bicyclic) bond motifs is 3. The SMILES string of the molecule is COC1CC(CC(C)C2CC(=O)C(C)/C=C(\C)C(O)C(OC)C(=O)[C@H](C)CC(C)/C=C/C=C/C=C(\C)C(OC)CC3CC[C@@H](C)C(O)(O3)C(=O)C(=O)N3CCCC[C@H]3C(=O)O2)CCC1=O. The van der Waals surface area contributed by atoms with Crippen LogP contribution in [0.1, 0.15) is 126 Å². The van der Waals surface area contributed by atoms with Crippen molar-refractivity contribution >= 4 is 35.0 Å². The summed E-state index contributed by atoms with van der Waals surface area (Å²) in [5.41, 5.74) is 1.25. The monoisotopic (exact) mass is 912 g/mol. The Bertz CT molecular complexity index is 1800. The van der Waals surface area contributed by atoms with Crippen LogP contribution in [0.4, 0.5) is 0 Å². The van der Waals surface area contributed by atoms with Gasteiger partial charge in [0.05, 0.1) is 12.2 Å². The van der Waals surface area contributed by atoms with Crippen molar-refractivity contribution in [2.45, 2.75) is 174 Å². The quantitative estimate of drug-likeness (QED) is 0.170. The van der Waals surface area contributed by atoms with Crippen molar-refractivity contribution in [3.8, 4) is 0 Å². The number of ketones is 4. The van der Waals surface area contributed by atoms with E-state index in [1.807, 2.05) is 58.1 Å². The van der Waals surface area contributed by atoms with Crippen LogP contribution >= 0.6 is 0 Å². The van der Waals surface area contributed by atoms with Gasteiger partial charge in [-0.15, -0.1) is 0 Å². The molecular formula is C51H77NO13. The maximum Gasteiger partial charge on any atom is 0.329 e. The number of aliphatic hydroxyl groups is 2. The lowest BCUT2D eigenvalue weighted by Gasteiger charge is -2.42. The van der Waals surface area contributed by atoms with E-state index in [1.165, 1.54) is 19.1 Å². The fraction of sp³-hybridized carbons (Fsp3) is 0.725. The first-order valence-corrected chi connectivity index (χ1v) is 23.8. The number of ether oxygens (including phenoxy) is 5. The van der Waals surface area contributed by atoms with E-state index in [0.29, 0.717) is 69.8 Å². The zero-order valence-corrected chi connectivity index (χ0v) is 40.5. The summed E-state index contributed by atoms with van der Waals surface area (Å²) < 4.78 is 29.2. The zero-order chi connectivity index (χ0) is 48.2. The van der Waals surface area contributed by atoms with Crippen molar-refractivity contribution in [3.05, 3.63) is 47.6 Å². The Morgan fingerprint density at radius 1 is 0.831 bits per heavy atom. The average Bonchev–Trinajstić information content (AvgIpc) is 3.28. The van der Waals surface area contributed by atoms with E-state index in [0.717, 1.165) is 5.57 Å². The number of Topliss-reactive ketones (excluding diaryl/α,β-unsaturated/α-hetero) is 4. The summed E-state index contributed by atoms with van der Waals surface area (Å²) in [4.78, 5) is 84.2. The summed E-state index contributed by atoms with van der Waals surface area (Å²) in [6, 6.07) is -1.15. The molecule has 0 aromatic heterocycles. The first kappa shape index (κ1) is 54.0. The smallest absolute Gasteiger partial charge is 0.329 e. The normalized spacial score (nSPS) is 39.3. The van der Waals surface area contributed by atoms with E-state index in [2.05, 4.69) is 0 Å². The second-order valence-corrected chi connectivity index (χ2v) is 19.4. The van der Waals surface area contributed by atoms with Gasteiger partial charge in [-0.1, -0.05) is 71.1 Å². The van der Waals surface area contributed by atoms with Crippen LogP contribution in [0, 0.1) is 35.5 Å². The van der Waals surface area contributed by atoms with Crippen LogP contribution in [0.25, 0.3) is 0 Å². The lowest BCUT2D eigenvalue weighted by Crippen LogP contribution is -2.61. The number of hydrogen-bond donors (Lipinski definition) is 2. The highest BCUT2D eigenvalue weighted by Gasteiger charge is 2.53. The van der Waals surface area contributed by atoms with Crippen molar-refractivity contribution in [3.63, 3.8) is 0 Å². The second kappa shape index (κ2) is 24.9. The van der Waals surface area contributed by atoms with Crippen LogP contribution in [0.3, 0.4) is 0 Å². The van der Waals surface area contributed by atoms with Gasteiger partial charge < -0.3 is 38.8 Å². The van der Waals surface area contributed by atoms with Gasteiger partial charge in [-0.25, -0.2) is 4.79 Å². The lowest BCUT2D eigenvalue weighted by atomic mass is 9.79.